The number of rotatable bonds is 7. The van der Waals surface area contributed by atoms with Gasteiger partial charge in [-0.2, -0.15) is 0 Å². The number of amides is 1. The van der Waals surface area contributed by atoms with E-state index in [0.717, 1.165) is 55.6 Å². The molecule has 4 rings (SSSR count). The van der Waals surface area contributed by atoms with Crippen LogP contribution in [-0.2, 0) is 9.59 Å². The highest BCUT2D eigenvalue weighted by molar-refractivity contribution is 6.27. The zero-order valence-corrected chi connectivity index (χ0v) is 20.2. The van der Waals surface area contributed by atoms with Crippen molar-refractivity contribution in [3.05, 3.63) is 29.8 Å². The summed E-state index contributed by atoms with van der Waals surface area (Å²) in [6.45, 7) is 4.50. The van der Waals surface area contributed by atoms with Crippen molar-refractivity contribution in [2.24, 2.45) is 11.8 Å². The van der Waals surface area contributed by atoms with Gasteiger partial charge in [0.15, 0.2) is 0 Å². The Kier molecular flexibility index (Phi) is 9.74. The van der Waals surface area contributed by atoms with E-state index < -0.39 is 11.9 Å². The second kappa shape index (κ2) is 12.7. The molecule has 8 heteroatoms. The maximum Gasteiger partial charge on any atom is 0.414 e. The summed E-state index contributed by atoms with van der Waals surface area (Å²) in [5.74, 6) is -0.700. The fraction of sp³-hybridized carbons (Fsp3) is 0.654. The lowest BCUT2D eigenvalue weighted by Gasteiger charge is -2.31. The summed E-state index contributed by atoms with van der Waals surface area (Å²) in [7, 11) is 1.95. The lowest BCUT2D eigenvalue weighted by Crippen LogP contribution is -2.38. The van der Waals surface area contributed by atoms with Crippen LogP contribution in [-0.4, -0.2) is 77.2 Å². The number of carboxylic acids is 2. The van der Waals surface area contributed by atoms with Crippen molar-refractivity contribution < 1.29 is 29.3 Å². The molecule has 0 spiro atoms. The number of ether oxygens (including phenoxy) is 1. The van der Waals surface area contributed by atoms with Crippen molar-refractivity contribution >= 4 is 17.8 Å². The number of hydrogen-bond acceptors (Lipinski definition) is 5. The molecule has 34 heavy (non-hydrogen) atoms. The first-order valence-corrected chi connectivity index (χ1v) is 12.5. The molecule has 1 aromatic carbocycles. The predicted molar refractivity (Wildman–Crippen MR) is 128 cm³/mol. The Morgan fingerprint density at radius 3 is 2.06 bits per heavy atom. The molecule has 2 aliphatic carbocycles. The van der Waals surface area contributed by atoms with E-state index in [2.05, 4.69) is 4.90 Å². The molecule has 188 valence electrons. The second-order valence-electron chi connectivity index (χ2n) is 9.76. The summed E-state index contributed by atoms with van der Waals surface area (Å²) in [5.41, 5.74) is 0.768. The monoisotopic (exact) mass is 474 g/mol. The molecule has 1 saturated heterocycles. The van der Waals surface area contributed by atoms with Crippen LogP contribution >= 0.6 is 0 Å². The molecular weight excluding hydrogens is 436 g/mol. The van der Waals surface area contributed by atoms with E-state index in [-0.39, 0.29) is 5.91 Å². The number of benzene rings is 1. The van der Waals surface area contributed by atoms with Crippen LogP contribution in [0.25, 0.3) is 0 Å². The van der Waals surface area contributed by atoms with Gasteiger partial charge >= 0.3 is 11.9 Å². The van der Waals surface area contributed by atoms with Gasteiger partial charge in [0, 0.05) is 38.3 Å². The van der Waals surface area contributed by atoms with E-state index in [0.29, 0.717) is 6.04 Å². The maximum absolute atomic E-state index is 12.7. The van der Waals surface area contributed by atoms with E-state index in [9.17, 15) is 4.79 Å². The predicted octanol–water partition coefficient (Wildman–Crippen LogP) is 3.75. The fourth-order valence-electron chi connectivity index (χ4n) is 5.52. The lowest BCUT2D eigenvalue weighted by molar-refractivity contribution is -0.159. The molecule has 1 aromatic rings. The first-order valence-electron chi connectivity index (χ1n) is 12.5. The van der Waals surface area contributed by atoms with Crippen molar-refractivity contribution in [3.63, 3.8) is 0 Å². The maximum atomic E-state index is 12.7. The largest absolute Gasteiger partial charge is 0.494 e. The normalized spacial score (nSPS) is 22.4. The van der Waals surface area contributed by atoms with Gasteiger partial charge in [-0.25, -0.2) is 9.59 Å². The molecular formula is C26H38N2O6. The average Bonchev–Trinajstić information content (AvgIpc) is 3.44. The van der Waals surface area contributed by atoms with Gasteiger partial charge in [0.2, 0.25) is 0 Å². The highest BCUT2D eigenvalue weighted by Gasteiger charge is 2.35. The molecule has 0 radical (unpaired) electrons. The van der Waals surface area contributed by atoms with Gasteiger partial charge < -0.3 is 24.7 Å². The number of carbonyl (C=O) groups excluding carboxylic acids is 1. The average molecular weight is 475 g/mol. The van der Waals surface area contributed by atoms with Crippen molar-refractivity contribution in [2.45, 2.75) is 63.8 Å². The zero-order valence-electron chi connectivity index (χ0n) is 20.2. The Bertz CT molecular complexity index is 797. The second-order valence-corrected chi connectivity index (χ2v) is 9.76. The Labute approximate surface area is 201 Å². The SMILES string of the molecule is CN(C(=O)c1ccc(OCCCN2CC3CCCC3C2)cc1)C1CCCCC1.O=C(O)C(=O)O. The summed E-state index contributed by atoms with van der Waals surface area (Å²) < 4.78 is 5.92. The first-order chi connectivity index (χ1) is 16.3. The van der Waals surface area contributed by atoms with Crippen LogP contribution in [0.15, 0.2) is 24.3 Å². The van der Waals surface area contributed by atoms with Gasteiger partial charge in [-0.15, -0.1) is 0 Å². The summed E-state index contributed by atoms with van der Waals surface area (Å²) in [4.78, 5) is 35.5. The minimum absolute atomic E-state index is 0.137. The van der Waals surface area contributed by atoms with Crippen LogP contribution in [0.2, 0.25) is 0 Å². The molecule has 1 aliphatic heterocycles. The number of aliphatic carboxylic acids is 2. The number of carbonyl (C=O) groups is 3. The standard InChI is InChI=1S/C24H36N2O2.C2H2O4/c1-25(22-9-3-2-4-10-22)24(27)19-11-13-23(14-12-19)28-16-6-15-26-17-20-7-5-8-21(20)18-26;3-1(4)2(5)6/h11-14,20-22H,2-10,15-18H2,1H3;(H,3,4)(H,5,6). The highest BCUT2D eigenvalue weighted by Crippen LogP contribution is 2.37. The lowest BCUT2D eigenvalue weighted by atomic mass is 9.94. The fourth-order valence-corrected chi connectivity index (χ4v) is 5.52. The molecule has 0 aromatic heterocycles. The van der Waals surface area contributed by atoms with Gasteiger partial charge in [-0.1, -0.05) is 25.7 Å². The van der Waals surface area contributed by atoms with Crippen LogP contribution in [0.1, 0.15) is 68.1 Å². The summed E-state index contributed by atoms with van der Waals surface area (Å²) in [6, 6.07) is 8.13. The Morgan fingerprint density at radius 2 is 1.50 bits per heavy atom. The third kappa shape index (κ3) is 7.45. The van der Waals surface area contributed by atoms with Gasteiger partial charge in [0.25, 0.3) is 5.91 Å². The van der Waals surface area contributed by atoms with Crippen LogP contribution in [0, 0.1) is 11.8 Å². The Morgan fingerprint density at radius 1 is 0.912 bits per heavy atom. The smallest absolute Gasteiger partial charge is 0.414 e. The Balaban J connectivity index is 0.000000481. The number of hydrogen-bond donors (Lipinski definition) is 2. The molecule has 8 nitrogen and oxygen atoms in total. The van der Waals surface area contributed by atoms with Gasteiger partial charge in [0.1, 0.15) is 5.75 Å². The van der Waals surface area contributed by atoms with Crippen LogP contribution in [0.4, 0.5) is 0 Å². The zero-order chi connectivity index (χ0) is 24.5. The van der Waals surface area contributed by atoms with Gasteiger partial charge in [0.05, 0.1) is 6.61 Å². The van der Waals surface area contributed by atoms with Crippen molar-refractivity contribution in [2.75, 3.05) is 33.3 Å². The van der Waals surface area contributed by atoms with Crippen LogP contribution in [0.3, 0.4) is 0 Å². The van der Waals surface area contributed by atoms with Crippen molar-refractivity contribution in [1.29, 1.82) is 0 Å². The minimum atomic E-state index is -1.82. The third-order valence-corrected chi connectivity index (χ3v) is 7.42. The van der Waals surface area contributed by atoms with E-state index in [1.165, 1.54) is 51.6 Å². The highest BCUT2D eigenvalue weighted by atomic mass is 16.5. The Hall–Kier alpha value is -2.61. The van der Waals surface area contributed by atoms with Crippen molar-refractivity contribution in [1.82, 2.24) is 9.80 Å². The van der Waals surface area contributed by atoms with Crippen LogP contribution < -0.4 is 4.74 Å². The van der Waals surface area contributed by atoms with E-state index in [4.69, 9.17) is 24.5 Å². The van der Waals surface area contributed by atoms with E-state index >= 15 is 0 Å². The molecule has 3 aliphatic rings. The number of fused-ring (bicyclic) bond motifs is 1. The topological polar surface area (TPSA) is 107 Å². The summed E-state index contributed by atoms with van der Waals surface area (Å²) in [5, 5.41) is 14.8. The number of likely N-dealkylation sites (tertiary alicyclic amines) is 1. The third-order valence-electron chi connectivity index (χ3n) is 7.42. The van der Waals surface area contributed by atoms with Gasteiger partial charge in [-0.3, -0.25) is 4.79 Å². The van der Waals surface area contributed by atoms with E-state index in [1.807, 2.05) is 36.2 Å². The molecule has 2 atom stereocenters. The number of carboxylic acid groups (broad SMARTS) is 2. The quantitative estimate of drug-likeness (QED) is 0.458. The van der Waals surface area contributed by atoms with Gasteiger partial charge in [-0.05, 0) is 68.2 Å². The molecule has 0 bridgehead atoms. The molecule has 1 amide bonds. The first kappa shape index (κ1) is 26.0. The molecule has 2 unspecified atom stereocenters. The summed E-state index contributed by atoms with van der Waals surface area (Å²) >= 11 is 0. The molecule has 3 fully saturated rings. The van der Waals surface area contributed by atoms with Crippen LogP contribution in [0.5, 0.6) is 5.75 Å². The number of nitrogens with zero attached hydrogens (tertiary/aromatic N) is 2. The molecule has 1 heterocycles. The molecule has 2 saturated carbocycles. The minimum Gasteiger partial charge on any atom is -0.494 e. The van der Waals surface area contributed by atoms with Crippen molar-refractivity contribution in [3.8, 4) is 5.75 Å². The summed E-state index contributed by atoms with van der Waals surface area (Å²) in [6.07, 6.45) is 11.5. The van der Waals surface area contributed by atoms with E-state index in [1.54, 1.807) is 0 Å². The molecule has 2 N–H and O–H groups in total.